The van der Waals surface area contributed by atoms with Crippen LogP contribution in [0.1, 0.15) is 11.1 Å². The van der Waals surface area contributed by atoms with E-state index in [4.69, 9.17) is 39.5 Å². The number of hydrogen-bond donors (Lipinski definition) is 1. The summed E-state index contributed by atoms with van der Waals surface area (Å²) >= 11 is 17.7. The van der Waals surface area contributed by atoms with Crippen molar-refractivity contribution in [2.24, 2.45) is 0 Å². The SMILES string of the molecule is Cc1cc(OC(Cc2ccc(Cl)c(Cl)c2)C(=O)O)ccc1Cl. The summed E-state index contributed by atoms with van der Waals surface area (Å²) in [5.74, 6) is -0.604. The standard InChI is InChI=1S/C16H13Cl3O3/c1-9-6-11(3-5-12(9)17)22-15(16(20)21)8-10-2-4-13(18)14(19)7-10/h2-7,15H,8H2,1H3,(H,20,21). The van der Waals surface area contributed by atoms with Gasteiger partial charge in [-0.05, 0) is 48.4 Å². The van der Waals surface area contributed by atoms with Gasteiger partial charge < -0.3 is 9.84 Å². The Kier molecular flexibility index (Phi) is 5.57. The van der Waals surface area contributed by atoms with Gasteiger partial charge in [-0.2, -0.15) is 0 Å². The number of aryl methyl sites for hydroxylation is 1. The number of carbonyl (C=O) groups is 1. The van der Waals surface area contributed by atoms with Crippen molar-refractivity contribution in [3.8, 4) is 5.75 Å². The highest BCUT2D eigenvalue weighted by Crippen LogP contribution is 2.25. The van der Waals surface area contributed by atoms with Gasteiger partial charge in [0.1, 0.15) is 5.75 Å². The summed E-state index contributed by atoms with van der Waals surface area (Å²) in [6, 6.07) is 10.00. The van der Waals surface area contributed by atoms with Crippen LogP contribution in [0.25, 0.3) is 0 Å². The molecule has 1 unspecified atom stereocenters. The lowest BCUT2D eigenvalue weighted by Gasteiger charge is -2.16. The lowest BCUT2D eigenvalue weighted by molar-refractivity contribution is -0.145. The van der Waals surface area contributed by atoms with Crippen LogP contribution in [-0.2, 0) is 11.2 Å². The molecule has 2 aromatic rings. The highest BCUT2D eigenvalue weighted by molar-refractivity contribution is 6.42. The molecule has 0 aliphatic carbocycles. The molecule has 0 saturated carbocycles. The third kappa shape index (κ3) is 4.29. The third-order valence-electron chi connectivity index (χ3n) is 3.09. The zero-order chi connectivity index (χ0) is 16.3. The Hall–Kier alpha value is -1.42. The Bertz CT molecular complexity index is 648. The van der Waals surface area contributed by atoms with Gasteiger partial charge in [-0.3, -0.25) is 0 Å². The first-order chi connectivity index (χ1) is 10.4. The number of carboxylic acids is 1. The fraction of sp³-hybridized carbons (Fsp3) is 0.188. The fourth-order valence-electron chi connectivity index (χ4n) is 1.91. The minimum Gasteiger partial charge on any atom is -0.478 e. The van der Waals surface area contributed by atoms with Gasteiger partial charge in [-0.15, -0.1) is 0 Å². The molecule has 0 saturated heterocycles. The van der Waals surface area contributed by atoms with Crippen molar-refractivity contribution in [3.05, 3.63) is 62.6 Å². The monoisotopic (exact) mass is 358 g/mol. The number of rotatable bonds is 5. The van der Waals surface area contributed by atoms with E-state index in [1.54, 1.807) is 36.4 Å². The molecule has 0 radical (unpaired) electrons. The molecule has 0 amide bonds. The maximum absolute atomic E-state index is 11.4. The van der Waals surface area contributed by atoms with Crippen molar-refractivity contribution in [3.63, 3.8) is 0 Å². The van der Waals surface area contributed by atoms with E-state index in [0.717, 1.165) is 11.1 Å². The highest BCUT2D eigenvalue weighted by atomic mass is 35.5. The van der Waals surface area contributed by atoms with Crippen LogP contribution in [0.5, 0.6) is 5.75 Å². The number of benzene rings is 2. The number of carboxylic acid groups (broad SMARTS) is 1. The topological polar surface area (TPSA) is 46.5 Å². The van der Waals surface area contributed by atoms with E-state index in [1.807, 2.05) is 6.92 Å². The second-order valence-electron chi connectivity index (χ2n) is 4.81. The molecule has 0 aliphatic heterocycles. The zero-order valence-electron chi connectivity index (χ0n) is 11.6. The molecule has 22 heavy (non-hydrogen) atoms. The molecule has 1 atom stereocenters. The number of hydrogen-bond acceptors (Lipinski definition) is 2. The smallest absolute Gasteiger partial charge is 0.345 e. The minimum absolute atomic E-state index is 0.175. The van der Waals surface area contributed by atoms with Crippen LogP contribution in [-0.4, -0.2) is 17.2 Å². The molecule has 2 aromatic carbocycles. The van der Waals surface area contributed by atoms with Gasteiger partial charge in [0.2, 0.25) is 0 Å². The third-order valence-corrected chi connectivity index (χ3v) is 4.25. The van der Waals surface area contributed by atoms with E-state index < -0.39 is 12.1 Å². The highest BCUT2D eigenvalue weighted by Gasteiger charge is 2.20. The fourth-order valence-corrected chi connectivity index (χ4v) is 2.35. The van der Waals surface area contributed by atoms with Crippen LogP contribution in [0.4, 0.5) is 0 Å². The predicted molar refractivity (Wildman–Crippen MR) is 88.4 cm³/mol. The van der Waals surface area contributed by atoms with Gasteiger partial charge in [-0.25, -0.2) is 4.79 Å². The van der Waals surface area contributed by atoms with Gasteiger partial charge in [-0.1, -0.05) is 40.9 Å². The molecule has 0 aromatic heterocycles. The largest absolute Gasteiger partial charge is 0.478 e. The molecular formula is C16H13Cl3O3. The number of aliphatic carboxylic acids is 1. The van der Waals surface area contributed by atoms with Gasteiger partial charge in [0, 0.05) is 11.4 Å². The van der Waals surface area contributed by atoms with Crippen molar-refractivity contribution >= 4 is 40.8 Å². The normalized spacial score (nSPS) is 12.0. The maximum atomic E-state index is 11.4. The molecule has 1 N–H and O–H groups in total. The molecular weight excluding hydrogens is 347 g/mol. The van der Waals surface area contributed by atoms with Gasteiger partial charge >= 0.3 is 5.97 Å². The van der Waals surface area contributed by atoms with Crippen LogP contribution in [0.2, 0.25) is 15.1 Å². The summed E-state index contributed by atoms with van der Waals surface area (Å²) in [4.78, 5) is 11.4. The molecule has 0 aliphatic rings. The van der Waals surface area contributed by atoms with Crippen molar-refractivity contribution in [1.82, 2.24) is 0 Å². The van der Waals surface area contributed by atoms with Crippen LogP contribution >= 0.6 is 34.8 Å². The molecule has 3 nitrogen and oxygen atoms in total. The van der Waals surface area contributed by atoms with Crippen molar-refractivity contribution in [2.75, 3.05) is 0 Å². The number of halogens is 3. The first kappa shape index (κ1) is 16.9. The first-order valence-electron chi connectivity index (χ1n) is 6.46. The molecule has 116 valence electrons. The molecule has 2 rings (SSSR count). The van der Waals surface area contributed by atoms with E-state index in [2.05, 4.69) is 0 Å². The van der Waals surface area contributed by atoms with E-state index in [1.165, 1.54) is 0 Å². The minimum atomic E-state index is -1.06. The van der Waals surface area contributed by atoms with E-state index in [-0.39, 0.29) is 6.42 Å². The average Bonchev–Trinajstić information content (AvgIpc) is 2.46. The lowest BCUT2D eigenvalue weighted by atomic mass is 10.1. The number of ether oxygens (including phenoxy) is 1. The molecule has 0 heterocycles. The van der Waals surface area contributed by atoms with Gasteiger partial charge in [0.15, 0.2) is 6.10 Å². The Morgan fingerprint density at radius 2 is 1.77 bits per heavy atom. The van der Waals surface area contributed by atoms with Crippen LogP contribution in [0.3, 0.4) is 0 Å². The van der Waals surface area contributed by atoms with Crippen LogP contribution < -0.4 is 4.74 Å². The second kappa shape index (κ2) is 7.23. The Balaban J connectivity index is 2.17. The molecule has 6 heteroatoms. The summed E-state index contributed by atoms with van der Waals surface area (Å²) in [6.45, 7) is 1.82. The quantitative estimate of drug-likeness (QED) is 0.814. The second-order valence-corrected chi connectivity index (χ2v) is 6.03. The van der Waals surface area contributed by atoms with E-state index in [0.29, 0.717) is 20.8 Å². The zero-order valence-corrected chi connectivity index (χ0v) is 13.9. The lowest BCUT2D eigenvalue weighted by Crippen LogP contribution is -2.29. The average molecular weight is 360 g/mol. The van der Waals surface area contributed by atoms with E-state index >= 15 is 0 Å². The van der Waals surface area contributed by atoms with E-state index in [9.17, 15) is 9.90 Å². The van der Waals surface area contributed by atoms with Gasteiger partial charge in [0.25, 0.3) is 0 Å². The molecule has 0 bridgehead atoms. The summed E-state index contributed by atoms with van der Waals surface area (Å²) in [5, 5.41) is 10.7. The maximum Gasteiger partial charge on any atom is 0.345 e. The Morgan fingerprint density at radius 1 is 1.09 bits per heavy atom. The molecule has 0 fully saturated rings. The van der Waals surface area contributed by atoms with Crippen molar-refractivity contribution in [2.45, 2.75) is 19.4 Å². The van der Waals surface area contributed by atoms with Crippen LogP contribution in [0, 0.1) is 6.92 Å². The van der Waals surface area contributed by atoms with Crippen molar-refractivity contribution in [1.29, 1.82) is 0 Å². The summed E-state index contributed by atoms with van der Waals surface area (Å²) < 4.78 is 5.55. The predicted octanol–water partition coefficient (Wildman–Crippen LogP) is 5.03. The first-order valence-corrected chi connectivity index (χ1v) is 7.59. The summed E-state index contributed by atoms with van der Waals surface area (Å²) in [6.07, 6.45) is -0.855. The Labute approximate surface area is 143 Å². The molecule has 0 spiro atoms. The van der Waals surface area contributed by atoms with Gasteiger partial charge in [0.05, 0.1) is 10.0 Å². The van der Waals surface area contributed by atoms with Crippen molar-refractivity contribution < 1.29 is 14.6 Å². The Morgan fingerprint density at radius 3 is 2.36 bits per heavy atom. The summed E-state index contributed by atoms with van der Waals surface area (Å²) in [5.41, 5.74) is 1.55. The summed E-state index contributed by atoms with van der Waals surface area (Å²) in [7, 11) is 0. The van der Waals surface area contributed by atoms with Crippen LogP contribution in [0.15, 0.2) is 36.4 Å².